The van der Waals surface area contributed by atoms with Crippen LogP contribution in [0.1, 0.15) is 39.0 Å². The molecule has 70 valence electrons. The monoisotopic (exact) mass is 190 g/mol. The maximum atomic E-state index is 11.1. The molecule has 0 aromatic heterocycles. The van der Waals surface area contributed by atoms with E-state index >= 15 is 0 Å². The molecule has 0 bridgehead atoms. The SMILES string of the molecule is C[C@@H](Cl)C(=O)OC1CCCCC1. The summed E-state index contributed by atoms with van der Waals surface area (Å²) in [5.74, 6) is -0.274. The molecule has 12 heavy (non-hydrogen) atoms. The quantitative estimate of drug-likeness (QED) is 0.494. The zero-order valence-electron chi connectivity index (χ0n) is 7.38. The Morgan fingerprint density at radius 1 is 1.42 bits per heavy atom. The van der Waals surface area contributed by atoms with Crippen molar-refractivity contribution in [2.75, 3.05) is 0 Å². The number of ether oxygens (including phenoxy) is 1. The molecule has 3 heteroatoms. The van der Waals surface area contributed by atoms with Gasteiger partial charge in [0.25, 0.3) is 0 Å². The molecule has 1 saturated carbocycles. The van der Waals surface area contributed by atoms with Crippen molar-refractivity contribution in [3.8, 4) is 0 Å². The summed E-state index contributed by atoms with van der Waals surface area (Å²) in [5.41, 5.74) is 0. The first-order valence-electron chi connectivity index (χ1n) is 4.54. The summed E-state index contributed by atoms with van der Waals surface area (Å²) in [6.45, 7) is 1.65. The van der Waals surface area contributed by atoms with E-state index in [0.29, 0.717) is 0 Å². The Kier molecular flexibility index (Phi) is 3.86. The molecule has 0 aliphatic heterocycles. The smallest absolute Gasteiger partial charge is 0.324 e. The van der Waals surface area contributed by atoms with Crippen molar-refractivity contribution >= 4 is 17.6 Å². The fourth-order valence-electron chi connectivity index (χ4n) is 1.44. The standard InChI is InChI=1S/C9H15ClO2/c1-7(10)9(11)12-8-5-3-2-4-6-8/h7-8H,2-6H2,1H3/t7-/m1/s1. The fraction of sp³-hybridized carbons (Fsp3) is 0.889. The molecule has 1 aliphatic carbocycles. The van der Waals surface area contributed by atoms with E-state index < -0.39 is 5.38 Å². The van der Waals surface area contributed by atoms with Gasteiger partial charge in [-0.05, 0) is 32.6 Å². The van der Waals surface area contributed by atoms with Gasteiger partial charge in [-0.15, -0.1) is 11.6 Å². The van der Waals surface area contributed by atoms with Gasteiger partial charge in [-0.2, -0.15) is 0 Å². The Bertz CT molecular complexity index is 151. The van der Waals surface area contributed by atoms with Crippen molar-refractivity contribution < 1.29 is 9.53 Å². The fourth-order valence-corrected chi connectivity index (χ4v) is 1.49. The van der Waals surface area contributed by atoms with E-state index in [0.717, 1.165) is 12.8 Å². The lowest BCUT2D eigenvalue weighted by Gasteiger charge is -2.22. The van der Waals surface area contributed by atoms with Crippen LogP contribution in [0.4, 0.5) is 0 Å². The molecule has 1 aliphatic rings. The maximum Gasteiger partial charge on any atom is 0.324 e. The predicted octanol–water partition coefficient (Wildman–Crippen LogP) is 2.49. The molecule has 0 saturated heterocycles. The Morgan fingerprint density at radius 2 is 2.00 bits per heavy atom. The van der Waals surface area contributed by atoms with Gasteiger partial charge in [-0.25, -0.2) is 0 Å². The molecule has 2 nitrogen and oxygen atoms in total. The number of carbonyl (C=O) groups is 1. The van der Waals surface area contributed by atoms with Crippen molar-refractivity contribution in [3.63, 3.8) is 0 Å². The minimum absolute atomic E-state index is 0.132. The molecule has 0 unspecified atom stereocenters. The highest BCUT2D eigenvalue weighted by atomic mass is 35.5. The third-order valence-electron chi connectivity index (χ3n) is 2.16. The lowest BCUT2D eigenvalue weighted by molar-refractivity contribution is -0.149. The van der Waals surface area contributed by atoms with E-state index in [-0.39, 0.29) is 12.1 Å². The zero-order chi connectivity index (χ0) is 8.97. The van der Waals surface area contributed by atoms with E-state index in [1.165, 1.54) is 19.3 Å². The summed E-state index contributed by atoms with van der Waals surface area (Å²) in [4.78, 5) is 11.1. The molecule has 0 heterocycles. The molecule has 0 radical (unpaired) electrons. The van der Waals surface area contributed by atoms with Gasteiger partial charge < -0.3 is 4.74 Å². The lowest BCUT2D eigenvalue weighted by Crippen LogP contribution is -2.24. The summed E-state index contributed by atoms with van der Waals surface area (Å²) in [6, 6.07) is 0. The largest absolute Gasteiger partial charge is 0.461 e. The molecule has 0 amide bonds. The van der Waals surface area contributed by atoms with Crippen LogP contribution in [0.15, 0.2) is 0 Å². The second kappa shape index (κ2) is 4.70. The van der Waals surface area contributed by atoms with Crippen LogP contribution in [0.5, 0.6) is 0 Å². The van der Waals surface area contributed by atoms with Gasteiger partial charge in [0.2, 0.25) is 0 Å². The van der Waals surface area contributed by atoms with Crippen LogP contribution in [0.2, 0.25) is 0 Å². The predicted molar refractivity (Wildman–Crippen MR) is 48.3 cm³/mol. The van der Waals surface area contributed by atoms with Crippen LogP contribution >= 0.6 is 11.6 Å². The van der Waals surface area contributed by atoms with E-state index in [9.17, 15) is 4.79 Å². The van der Waals surface area contributed by atoms with E-state index in [4.69, 9.17) is 16.3 Å². The number of hydrogen-bond acceptors (Lipinski definition) is 2. The van der Waals surface area contributed by atoms with Crippen molar-refractivity contribution in [1.82, 2.24) is 0 Å². The summed E-state index contributed by atoms with van der Waals surface area (Å²) in [5, 5.41) is -0.507. The van der Waals surface area contributed by atoms with E-state index in [1.807, 2.05) is 0 Å². The molecular formula is C9H15ClO2. The van der Waals surface area contributed by atoms with E-state index in [2.05, 4.69) is 0 Å². The summed E-state index contributed by atoms with van der Waals surface area (Å²) in [7, 11) is 0. The van der Waals surface area contributed by atoms with Crippen LogP contribution in [0, 0.1) is 0 Å². The number of esters is 1. The average Bonchev–Trinajstić information content (AvgIpc) is 2.06. The lowest BCUT2D eigenvalue weighted by atomic mass is 9.98. The number of hydrogen-bond donors (Lipinski definition) is 0. The maximum absolute atomic E-state index is 11.1. The number of rotatable bonds is 2. The number of carbonyl (C=O) groups excluding carboxylic acids is 1. The first kappa shape index (κ1) is 9.85. The van der Waals surface area contributed by atoms with Gasteiger partial charge in [-0.1, -0.05) is 6.42 Å². The highest BCUT2D eigenvalue weighted by Crippen LogP contribution is 2.20. The van der Waals surface area contributed by atoms with E-state index in [1.54, 1.807) is 6.92 Å². The molecule has 1 atom stereocenters. The third kappa shape index (κ3) is 3.02. The Labute approximate surface area is 78.2 Å². The number of halogens is 1. The Morgan fingerprint density at radius 3 is 2.50 bits per heavy atom. The second-order valence-corrected chi connectivity index (χ2v) is 3.97. The van der Waals surface area contributed by atoms with Crippen LogP contribution < -0.4 is 0 Å². The molecule has 1 rings (SSSR count). The summed E-state index contributed by atoms with van der Waals surface area (Å²) in [6.07, 6.45) is 5.77. The van der Waals surface area contributed by atoms with Crippen LogP contribution in [-0.2, 0) is 9.53 Å². The van der Waals surface area contributed by atoms with Gasteiger partial charge in [0.1, 0.15) is 11.5 Å². The third-order valence-corrected chi connectivity index (χ3v) is 2.34. The highest BCUT2D eigenvalue weighted by molar-refractivity contribution is 6.29. The van der Waals surface area contributed by atoms with Crippen molar-refractivity contribution in [2.45, 2.75) is 50.5 Å². The van der Waals surface area contributed by atoms with Gasteiger partial charge in [0.15, 0.2) is 0 Å². The van der Waals surface area contributed by atoms with Crippen molar-refractivity contribution in [2.24, 2.45) is 0 Å². The van der Waals surface area contributed by atoms with Gasteiger partial charge >= 0.3 is 5.97 Å². The average molecular weight is 191 g/mol. The Hall–Kier alpha value is -0.240. The highest BCUT2D eigenvalue weighted by Gasteiger charge is 2.19. The first-order valence-corrected chi connectivity index (χ1v) is 4.98. The summed E-state index contributed by atoms with van der Waals surface area (Å²) >= 11 is 5.57. The summed E-state index contributed by atoms with van der Waals surface area (Å²) < 4.78 is 5.18. The second-order valence-electron chi connectivity index (χ2n) is 3.31. The van der Waals surface area contributed by atoms with Crippen LogP contribution in [0.25, 0.3) is 0 Å². The molecule has 0 spiro atoms. The first-order chi connectivity index (χ1) is 5.70. The minimum atomic E-state index is -0.507. The molecule has 0 aromatic rings. The molecular weight excluding hydrogens is 176 g/mol. The van der Waals surface area contributed by atoms with Crippen LogP contribution in [0.3, 0.4) is 0 Å². The van der Waals surface area contributed by atoms with Crippen LogP contribution in [-0.4, -0.2) is 17.5 Å². The number of alkyl halides is 1. The van der Waals surface area contributed by atoms with Crippen molar-refractivity contribution in [1.29, 1.82) is 0 Å². The van der Waals surface area contributed by atoms with Gasteiger partial charge in [-0.3, -0.25) is 4.79 Å². The Balaban J connectivity index is 2.24. The normalized spacial score (nSPS) is 21.8. The van der Waals surface area contributed by atoms with Gasteiger partial charge in [0.05, 0.1) is 0 Å². The van der Waals surface area contributed by atoms with Gasteiger partial charge in [0, 0.05) is 0 Å². The molecule has 1 fully saturated rings. The minimum Gasteiger partial charge on any atom is -0.461 e. The molecule has 0 aromatic carbocycles. The van der Waals surface area contributed by atoms with Crippen molar-refractivity contribution in [3.05, 3.63) is 0 Å². The zero-order valence-corrected chi connectivity index (χ0v) is 8.14. The molecule has 0 N–H and O–H groups in total. The topological polar surface area (TPSA) is 26.3 Å².